The van der Waals surface area contributed by atoms with Crippen LogP contribution in [0.4, 0.5) is 5.69 Å². The number of rotatable bonds is 4. The van der Waals surface area contributed by atoms with Crippen molar-refractivity contribution < 1.29 is 9.59 Å². The van der Waals surface area contributed by atoms with E-state index in [1.54, 1.807) is 24.6 Å². The molecule has 0 aliphatic heterocycles. The molecule has 1 aromatic heterocycles. The van der Waals surface area contributed by atoms with E-state index in [1.165, 1.54) is 0 Å². The summed E-state index contributed by atoms with van der Waals surface area (Å²) in [7, 11) is 0. The molecule has 0 aliphatic rings. The van der Waals surface area contributed by atoms with Gasteiger partial charge in [-0.2, -0.15) is 5.10 Å². The molecule has 0 saturated carbocycles. The smallest absolute Gasteiger partial charge is 0.296 e. The zero-order valence-electron chi connectivity index (χ0n) is 15.6. The van der Waals surface area contributed by atoms with E-state index in [4.69, 9.17) is 0 Å². The van der Waals surface area contributed by atoms with E-state index in [2.05, 4.69) is 10.4 Å². The molecule has 1 N–H and O–H groups in total. The van der Waals surface area contributed by atoms with Crippen molar-refractivity contribution in [2.24, 2.45) is 0 Å². The number of hydrogen-bond acceptors (Lipinski definition) is 3. The molecule has 5 heteroatoms. The molecule has 4 rings (SSSR count). The van der Waals surface area contributed by atoms with Gasteiger partial charge < -0.3 is 5.32 Å². The van der Waals surface area contributed by atoms with Gasteiger partial charge in [0.2, 0.25) is 0 Å². The molecule has 0 bridgehead atoms. The SMILES string of the molecule is Cc1nn(-c2ccccc2)c(C)c1C(=O)C(=O)Nc1cccc2ccccc12. The van der Waals surface area contributed by atoms with Gasteiger partial charge in [0, 0.05) is 11.1 Å². The summed E-state index contributed by atoms with van der Waals surface area (Å²) >= 11 is 0. The lowest BCUT2D eigenvalue weighted by molar-refractivity contribution is -0.112. The Labute approximate surface area is 162 Å². The minimum Gasteiger partial charge on any atom is -0.319 e. The third kappa shape index (κ3) is 3.07. The van der Waals surface area contributed by atoms with Crippen molar-refractivity contribution in [1.29, 1.82) is 0 Å². The molecule has 0 radical (unpaired) electrons. The predicted molar refractivity (Wildman–Crippen MR) is 110 cm³/mol. The molecule has 4 aromatic rings. The molecule has 0 saturated heterocycles. The Hall–Kier alpha value is -3.73. The second-order valence-corrected chi connectivity index (χ2v) is 6.60. The van der Waals surface area contributed by atoms with Crippen molar-refractivity contribution in [3.8, 4) is 5.69 Å². The fraction of sp³-hybridized carbons (Fsp3) is 0.0870. The van der Waals surface area contributed by atoms with E-state index < -0.39 is 11.7 Å². The van der Waals surface area contributed by atoms with Crippen molar-refractivity contribution in [1.82, 2.24) is 9.78 Å². The fourth-order valence-corrected chi connectivity index (χ4v) is 3.42. The number of ketones is 1. The van der Waals surface area contributed by atoms with Crippen LogP contribution in [0.3, 0.4) is 0 Å². The average molecular weight is 369 g/mol. The third-order valence-electron chi connectivity index (χ3n) is 4.76. The summed E-state index contributed by atoms with van der Waals surface area (Å²) in [6.07, 6.45) is 0. The van der Waals surface area contributed by atoms with Crippen LogP contribution in [0.5, 0.6) is 0 Å². The summed E-state index contributed by atoms with van der Waals surface area (Å²) in [5.74, 6) is -1.26. The fourth-order valence-electron chi connectivity index (χ4n) is 3.42. The molecule has 28 heavy (non-hydrogen) atoms. The highest BCUT2D eigenvalue weighted by atomic mass is 16.2. The first kappa shape index (κ1) is 17.7. The molecular formula is C23H19N3O2. The number of hydrogen-bond donors (Lipinski definition) is 1. The van der Waals surface area contributed by atoms with Crippen LogP contribution in [-0.4, -0.2) is 21.5 Å². The summed E-state index contributed by atoms with van der Waals surface area (Å²) in [6.45, 7) is 3.54. The van der Waals surface area contributed by atoms with Gasteiger partial charge in [-0.15, -0.1) is 0 Å². The van der Waals surface area contributed by atoms with Gasteiger partial charge in [0.25, 0.3) is 11.7 Å². The number of aryl methyl sites for hydroxylation is 1. The van der Waals surface area contributed by atoms with Gasteiger partial charge in [0.05, 0.1) is 22.6 Å². The predicted octanol–water partition coefficient (Wildman–Crippen LogP) is 4.46. The first-order chi connectivity index (χ1) is 13.6. The number of carbonyl (C=O) groups is 2. The van der Waals surface area contributed by atoms with Gasteiger partial charge in [-0.1, -0.05) is 54.6 Å². The number of fused-ring (bicyclic) bond motifs is 1. The van der Waals surface area contributed by atoms with Crippen molar-refractivity contribution >= 4 is 28.2 Å². The summed E-state index contributed by atoms with van der Waals surface area (Å²) in [5.41, 5.74) is 2.96. The molecule has 1 heterocycles. The Bertz CT molecular complexity index is 1190. The van der Waals surface area contributed by atoms with Crippen LogP contribution >= 0.6 is 0 Å². The van der Waals surface area contributed by atoms with Gasteiger partial charge in [-0.3, -0.25) is 9.59 Å². The van der Waals surface area contributed by atoms with Crippen molar-refractivity contribution in [2.75, 3.05) is 5.32 Å². The standard InChI is InChI=1S/C23H19N3O2/c1-15-21(16(2)26(25-15)18-11-4-3-5-12-18)22(27)23(28)24-20-14-8-10-17-9-6-7-13-19(17)20/h3-14H,1-2H3,(H,24,28). The molecule has 5 nitrogen and oxygen atoms in total. The largest absolute Gasteiger partial charge is 0.319 e. The lowest BCUT2D eigenvalue weighted by Gasteiger charge is -2.08. The van der Waals surface area contributed by atoms with Gasteiger partial charge in [-0.05, 0) is 37.4 Å². The number of nitrogens with one attached hydrogen (secondary N) is 1. The van der Waals surface area contributed by atoms with Crippen LogP contribution < -0.4 is 5.32 Å². The maximum Gasteiger partial charge on any atom is 0.296 e. The zero-order valence-corrected chi connectivity index (χ0v) is 15.6. The maximum absolute atomic E-state index is 12.9. The molecule has 0 spiro atoms. The Kier molecular flexibility index (Phi) is 4.49. The second-order valence-electron chi connectivity index (χ2n) is 6.60. The monoisotopic (exact) mass is 369 g/mol. The lowest BCUT2D eigenvalue weighted by atomic mass is 10.1. The highest BCUT2D eigenvalue weighted by Crippen LogP contribution is 2.24. The lowest BCUT2D eigenvalue weighted by Crippen LogP contribution is -2.24. The first-order valence-corrected chi connectivity index (χ1v) is 9.01. The van der Waals surface area contributed by atoms with E-state index in [-0.39, 0.29) is 0 Å². The van der Waals surface area contributed by atoms with Crippen molar-refractivity contribution in [3.05, 3.63) is 89.7 Å². The number of Topliss-reactive ketones (excluding diaryl/α,β-unsaturated/α-hetero) is 1. The zero-order chi connectivity index (χ0) is 19.7. The van der Waals surface area contributed by atoms with Crippen LogP contribution in [0.2, 0.25) is 0 Å². The number of aromatic nitrogens is 2. The molecule has 3 aromatic carbocycles. The highest BCUT2D eigenvalue weighted by molar-refractivity contribution is 6.47. The second kappa shape index (κ2) is 7.12. The molecule has 1 amide bonds. The van der Waals surface area contributed by atoms with Crippen LogP contribution in [0.15, 0.2) is 72.8 Å². The van der Waals surface area contributed by atoms with Gasteiger partial charge >= 0.3 is 0 Å². The molecule has 138 valence electrons. The molecule has 0 atom stereocenters. The minimum absolute atomic E-state index is 0.335. The van der Waals surface area contributed by atoms with E-state index in [9.17, 15) is 9.59 Å². The molecular weight excluding hydrogens is 350 g/mol. The van der Waals surface area contributed by atoms with Crippen LogP contribution in [0, 0.1) is 13.8 Å². The summed E-state index contributed by atoms with van der Waals surface area (Å²) < 4.78 is 1.69. The van der Waals surface area contributed by atoms with Gasteiger partial charge in [-0.25, -0.2) is 4.68 Å². The topological polar surface area (TPSA) is 64.0 Å². The van der Waals surface area contributed by atoms with E-state index in [0.29, 0.717) is 22.6 Å². The number of amides is 1. The summed E-state index contributed by atoms with van der Waals surface area (Å²) in [4.78, 5) is 25.6. The van der Waals surface area contributed by atoms with E-state index in [0.717, 1.165) is 16.5 Å². The van der Waals surface area contributed by atoms with E-state index in [1.807, 2.05) is 66.7 Å². The normalized spacial score (nSPS) is 10.8. The number of carbonyl (C=O) groups excluding carboxylic acids is 2. The number of nitrogens with zero attached hydrogens (tertiary/aromatic N) is 2. The molecule has 0 unspecified atom stereocenters. The third-order valence-corrected chi connectivity index (χ3v) is 4.76. The van der Waals surface area contributed by atoms with Crippen LogP contribution in [0.25, 0.3) is 16.5 Å². The maximum atomic E-state index is 12.9. The first-order valence-electron chi connectivity index (χ1n) is 9.01. The number of benzene rings is 3. The quantitative estimate of drug-likeness (QED) is 0.427. The van der Waals surface area contributed by atoms with Gasteiger partial charge in [0.1, 0.15) is 0 Å². The summed E-state index contributed by atoms with van der Waals surface area (Å²) in [6, 6.07) is 22.9. The Morgan fingerprint density at radius 3 is 2.32 bits per heavy atom. The Balaban J connectivity index is 1.66. The Morgan fingerprint density at radius 1 is 0.857 bits per heavy atom. The van der Waals surface area contributed by atoms with Crippen LogP contribution in [0.1, 0.15) is 21.7 Å². The summed E-state index contributed by atoms with van der Waals surface area (Å²) in [5, 5.41) is 9.10. The minimum atomic E-state index is -0.671. The molecule has 0 aliphatic carbocycles. The van der Waals surface area contributed by atoms with Crippen LogP contribution in [-0.2, 0) is 4.79 Å². The number of anilines is 1. The van der Waals surface area contributed by atoms with Gasteiger partial charge in [0.15, 0.2) is 0 Å². The molecule has 0 fully saturated rings. The highest BCUT2D eigenvalue weighted by Gasteiger charge is 2.25. The Morgan fingerprint density at radius 2 is 1.54 bits per heavy atom. The van der Waals surface area contributed by atoms with Crippen molar-refractivity contribution in [2.45, 2.75) is 13.8 Å². The van der Waals surface area contributed by atoms with E-state index >= 15 is 0 Å². The number of para-hydroxylation sites is 1. The average Bonchev–Trinajstić information content (AvgIpc) is 3.02. The van der Waals surface area contributed by atoms with Crippen molar-refractivity contribution in [3.63, 3.8) is 0 Å².